The van der Waals surface area contributed by atoms with Crippen molar-refractivity contribution < 1.29 is 18.3 Å². The molecular formula is C28H33FN2O3. The number of methoxy groups -OCH3 is 1. The zero-order chi connectivity index (χ0) is 24.1. The van der Waals surface area contributed by atoms with Gasteiger partial charge in [-0.25, -0.2) is 4.39 Å². The summed E-state index contributed by atoms with van der Waals surface area (Å²) in [5.74, 6) is 1.46. The van der Waals surface area contributed by atoms with E-state index in [2.05, 4.69) is 17.0 Å². The van der Waals surface area contributed by atoms with Gasteiger partial charge >= 0.3 is 0 Å². The molecule has 0 bridgehead atoms. The molecule has 1 fully saturated rings. The van der Waals surface area contributed by atoms with Crippen molar-refractivity contribution in [2.75, 3.05) is 27.2 Å². The first-order valence-electron chi connectivity index (χ1n) is 11.9. The summed E-state index contributed by atoms with van der Waals surface area (Å²) < 4.78 is 25.3. The molecule has 1 aromatic heterocycles. The maximum absolute atomic E-state index is 14.5. The molecule has 1 atom stereocenters. The topological polar surface area (TPSA) is 45.9 Å². The molecule has 5 nitrogen and oxygen atoms in total. The monoisotopic (exact) mass is 464 g/mol. The van der Waals surface area contributed by atoms with Crippen LogP contribution in [0.4, 0.5) is 4.39 Å². The maximum atomic E-state index is 14.5. The number of aryl methyl sites for hydroxylation is 1. The molecule has 0 saturated carbocycles. The van der Waals surface area contributed by atoms with Crippen LogP contribution in [-0.4, -0.2) is 49.0 Å². The van der Waals surface area contributed by atoms with E-state index in [4.69, 9.17) is 9.15 Å². The van der Waals surface area contributed by atoms with E-state index in [1.54, 1.807) is 37.3 Å². The Bertz CT molecular complexity index is 1100. The van der Waals surface area contributed by atoms with E-state index in [0.29, 0.717) is 23.3 Å². The summed E-state index contributed by atoms with van der Waals surface area (Å²) >= 11 is 0. The van der Waals surface area contributed by atoms with Crippen molar-refractivity contribution >= 4 is 5.91 Å². The van der Waals surface area contributed by atoms with Gasteiger partial charge in [0.1, 0.15) is 17.3 Å². The van der Waals surface area contributed by atoms with Crippen LogP contribution in [0.5, 0.6) is 5.75 Å². The highest BCUT2D eigenvalue weighted by atomic mass is 19.1. The smallest absolute Gasteiger partial charge is 0.257 e. The van der Waals surface area contributed by atoms with Crippen molar-refractivity contribution in [1.82, 2.24) is 9.80 Å². The fraction of sp³-hybridized carbons (Fsp3) is 0.393. The van der Waals surface area contributed by atoms with Crippen molar-refractivity contribution in [3.63, 3.8) is 0 Å². The molecular weight excluding hydrogens is 431 g/mol. The normalized spacial score (nSPS) is 15.8. The number of nitrogens with zero attached hydrogens (tertiary/aromatic N) is 2. The van der Waals surface area contributed by atoms with Crippen LogP contribution in [0, 0.1) is 18.7 Å². The third-order valence-electron chi connectivity index (χ3n) is 7.01. The molecule has 1 aliphatic heterocycles. The summed E-state index contributed by atoms with van der Waals surface area (Å²) in [5.41, 5.74) is 2.44. The Morgan fingerprint density at radius 3 is 2.62 bits per heavy atom. The number of carbonyl (C=O) groups excluding carboxylic acids is 1. The molecule has 3 aromatic rings. The van der Waals surface area contributed by atoms with Gasteiger partial charge in [0, 0.05) is 19.6 Å². The Labute approximate surface area is 201 Å². The third-order valence-corrected chi connectivity index (χ3v) is 7.01. The number of hydrogen-bond acceptors (Lipinski definition) is 4. The van der Waals surface area contributed by atoms with Gasteiger partial charge in [-0.1, -0.05) is 30.3 Å². The summed E-state index contributed by atoms with van der Waals surface area (Å²) in [7, 11) is 3.52. The Hall–Kier alpha value is -3.12. The van der Waals surface area contributed by atoms with Crippen LogP contribution in [-0.2, 0) is 13.0 Å². The maximum Gasteiger partial charge on any atom is 0.257 e. The number of ether oxygens (including phenoxy) is 1. The summed E-state index contributed by atoms with van der Waals surface area (Å²) in [4.78, 5) is 17.5. The average Bonchev–Trinajstić information content (AvgIpc) is 3.29. The van der Waals surface area contributed by atoms with E-state index in [1.165, 1.54) is 11.6 Å². The minimum Gasteiger partial charge on any atom is -0.497 e. The fourth-order valence-electron chi connectivity index (χ4n) is 4.98. The zero-order valence-electron chi connectivity index (χ0n) is 20.2. The molecule has 180 valence electrons. The second-order valence-electron chi connectivity index (χ2n) is 9.13. The number of furan rings is 1. The van der Waals surface area contributed by atoms with Gasteiger partial charge in [0.25, 0.3) is 5.91 Å². The number of likely N-dealkylation sites (tertiary alicyclic amines) is 1. The van der Waals surface area contributed by atoms with E-state index >= 15 is 0 Å². The second kappa shape index (κ2) is 10.9. The number of likely N-dealkylation sites (N-methyl/N-ethyl adjacent to an activating group) is 1. The van der Waals surface area contributed by atoms with Crippen molar-refractivity contribution in [1.29, 1.82) is 0 Å². The van der Waals surface area contributed by atoms with Crippen LogP contribution in [0.2, 0.25) is 0 Å². The van der Waals surface area contributed by atoms with Gasteiger partial charge < -0.3 is 14.1 Å². The van der Waals surface area contributed by atoms with E-state index in [-0.39, 0.29) is 23.7 Å². The lowest BCUT2D eigenvalue weighted by Gasteiger charge is -2.40. The summed E-state index contributed by atoms with van der Waals surface area (Å²) in [6.45, 7) is 4.53. The highest BCUT2D eigenvalue weighted by Gasteiger charge is 2.33. The van der Waals surface area contributed by atoms with Crippen molar-refractivity contribution in [2.24, 2.45) is 5.92 Å². The Morgan fingerprint density at radius 1 is 1.18 bits per heavy atom. The van der Waals surface area contributed by atoms with Gasteiger partial charge in [0.2, 0.25) is 0 Å². The molecule has 34 heavy (non-hydrogen) atoms. The van der Waals surface area contributed by atoms with Crippen LogP contribution in [0.1, 0.15) is 40.1 Å². The average molecular weight is 465 g/mol. The van der Waals surface area contributed by atoms with Gasteiger partial charge in [-0.15, -0.1) is 0 Å². The number of benzene rings is 2. The summed E-state index contributed by atoms with van der Waals surface area (Å²) in [6, 6.07) is 16.7. The molecule has 0 aliphatic carbocycles. The van der Waals surface area contributed by atoms with Crippen LogP contribution in [0.3, 0.4) is 0 Å². The highest BCUT2D eigenvalue weighted by Crippen LogP contribution is 2.29. The minimum atomic E-state index is -0.219. The number of halogens is 1. The first kappa shape index (κ1) is 24.0. The number of rotatable bonds is 8. The molecule has 0 spiro atoms. The predicted octanol–water partition coefficient (Wildman–Crippen LogP) is 5.33. The molecule has 2 aromatic carbocycles. The summed E-state index contributed by atoms with van der Waals surface area (Å²) in [5, 5.41) is 0. The number of piperidine rings is 1. The molecule has 0 unspecified atom stereocenters. The van der Waals surface area contributed by atoms with Crippen molar-refractivity contribution in [3.05, 3.63) is 89.1 Å². The second-order valence-corrected chi connectivity index (χ2v) is 9.13. The largest absolute Gasteiger partial charge is 0.497 e. The van der Waals surface area contributed by atoms with E-state index in [1.807, 2.05) is 31.3 Å². The van der Waals surface area contributed by atoms with Gasteiger partial charge in [-0.05, 0) is 80.6 Å². The molecule has 6 heteroatoms. The molecule has 0 radical (unpaired) electrons. The predicted molar refractivity (Wildman–Crippen MR) is 130 cm³/mol. The molecule has 4 rings (SSSR count). The van der Waals surface area contributed by atoms with Crippen LogP contribution in [0.25, 0.3) is 0 Å². The molecule has 1 aliphatic rings. The Morgan fingerprint density at radius 2 is 1.94 bits per heavy atom. The first-order valence-corrected chi connectivity index (χ1v) is 11.9. The van der Waals surface area contributed by atoms with E-state index < -0.39 is 0 Å². The quantitative estimate of drug-likeness (QED) is 0.452. The molecule has 0 N–H and O–H groups in total. The molecule has 1 amide bonds. The fourth-order valence-corrected chi connectivity index (χ4v) is 4.98. The highest BCUT2D eigenvalue weighted by molar-refractivity contribution is 5.95. The first-order chi connectivity index (χ1) is 16.5. The summed E-state index contributed by atoms with van der Waals surface area (Å²) in [6.07, 6.45) is 3.93. The number of hydrogen-bond donors (Lipinski definition) is 0. The van der Waals surface area contributed by atoms with E-state index in [9.17, 15) is 9.18 Å². The van der Waals surface area contributed by atoms with Gasteiger partial charge in [-0.2, -0.15) is 0 Å². The Balaban J connectivity index is 1.48. The zero-order valence-corrected chi connectivity index (χ0v) is 20.2. The lowest BCUT2D eigenvalue weighted by molar-refractivity contribution is 0.0581. The molecule has 2 heterocycles. The van der Waals surface area contributed by atoms with Gasteiger partial charge in [0.05, 0.1) is 18.9 Å². The minimum absolute atomic E-state index is 0.0774. The SMILES string of the molecule is COc1cccc(CN2CCC([C@@H](Cc3ccccc3F)N(C)C(=O)c3ccoc3C)CC2)c1. The number of carbonyl (C=O) groups is 1. The Kier molecular flexibility index (Phi) is 7.68. The lowest BCUT2D eigenvalue weighted by Crippen LogP contribution is -2.47. The lowest BCUT2D eigenvalue weighted by atomic mass is 9.84. The van der Waals surface area contributed by atoms with Crippen LogP contribution < -0.4 is 4.74 Å². The third kappa shape index (κ3) is 5.50. The van der Waals surface area contributed by atoms with Crippen LogP contribution in [0.15, 0.2) is 65.3 Å². The molecule has 1 saturated heterocycles. The van der Waals surface area contributed by atoms with Crippen molar-refractivity contribution in [2.45, 2.75) is 38.8 Å². The van der Waals surface area contributed by atoms with Gasteiger partial charge in [0.15, 0.2) is 0 Å². The standard InChI is InChI=1S/C28H33FN2O3/c1-20-25(13-16-34-20)28(32)30(2)27(18-23-8-4-5-10-26(23)29)22-11-14-31(15-12-22)19-21-7-6-9-24(17-21)33-3/h4-10,13,16-17,22,27H,11-12,14-15,18-19H2,1-3H3/t27-/m1/s1. The van der Waals surface area contributed by atoms with E-state index in [0.717, 1.165) is 38.2 Å². The van der Waals surface area contributed by atoms with Gasteiger partial charge in [-0.3, -0.25) is 9.69 Å². The van der Waals surface area contributed by atoms with Crippen molar-refractivity contribution in [3.8, 4) is 5.75 Å². The van der Waals surface area contributed by atoms with Crippen LogP contribution >= 0.6 is 0 Å². The number of amides is 1.